The first-order valence-corrected chi connectivity index (χ1v) is 8.78. The maximum atomic E-state index is 13.4. The van der Waals surface area contributed by atoms with Crippen LogP contribution in [0.4, 0.5) is 4.39 Å². The van der Waals surface area contributed by atoms with Gasteiger partial charge in [0.05, 0.1) is 0 Å². The van der Waals surface area contributed by atoms with E-state index in [-0.39, 0.29) is 11.2 Å². The van der Waals surface area contributed by atoms with Gasteiger partial charge in [0.15, 0.2) is 0 Å². The lowest BCUT2D eigenvalue weighted by atomic mass is 9.77. The number of hydrogen-bond acceptors (Lipinski definition) is 0. The van der Waals surface area contributed by atoms with Crippen molar-refractivity contribution < 1.29 is 4.39 Å². The van der Waals surface area contributed by atoms with Crippen molar-refractivity contribution >= 4 is 31.9 Å². The summed E-state index contributed by atoms with van der Waals surface area (Å²) in [6.45, 7) is 2.13. The quantitative estimate of drug-likeness (QED) is 0.590. The molecule has 3 heteroatoms. The third-order valence-corrected chi connectivity index (χ3v) is 5.81. The summed E-state index contributed by atoms with van der Waals surface area (Å²) >= 11 is 7.31. The van der Waals surface area contributed by atoms with Gasteiger partial charge in [0, 0.05) is 16.1 Å². The molecule has 0 amide bonds. The van der Waals surface area contributed by atoms with Crippen molar-refractivity contribution in [1.29, 1.82) is 0 Å². The summed E-state index contributed by atoms with van der Waals surface area (Å²) in [5, 5.41) is 1.65. The van der Waals surface area contributed by atoms with Gasteiger partial charge in [0.25, 0.3) is 0 Å². The van der Waals surface area contributed by atoms with E-state index in [0.29, 0.717) is 0 Å². The summed E-state index contributed by atoms with van der Waals surface area (Å²) in [4.78, 5) is 0. The van der Waals surface area contributed by atoms with E-state index in [2.05, 4.69) is 57.0 Å². The van der Waals surface area contributed by atoms with Crippen molar-refractivity contribution in [2.24, 2.45) is 0 Å². The molecule has 0 radical (unpaired) electrons. The molecule has 0 spiro atoms. The van der Waals surface area contributed by atoms with Gasteiger partial charge >= 0.3 is 0 Å². The van der Waals surface area contributed by atoms with Crippen molar-refractivity contribution in [1.82, 2.24) is 0 Å². The first kappa shape index (κ1) is 15.7. The van der Waals surface area contributed by atoms with Crippen LogP contribution in [0.15, 0.2) is 48.5 Å². The van der Waals surface area contributed by atoms with Crippen molar-refractivity contribution in [2.45, 2.75) is 18.8 Å². The van der Waals surface area contributed by atoms with Crippen LogP contribution in [0.1, 0.15) is 16.7 Å². The summed E-state index contributed by atoms with van der Waals surface area (Å²) < 4.78 is 13.4. The van der Waals surface area contributed by atoms with Gasteiger partial charge in [-0.2, -0.15) is 0 Å². The minimum Gasteiger partial charge on any atom is -0.207 e. The summed E-state index contributed by atoms with van der Waals surface area (Å²) in [6.07, 6.45) is 0.798. The summed E-state index contributed by atoms with van der Waals surface area (Å²) in [7, 11) is 0. The minimum atomic E-state index is -0.176. The molecular weight excluding hydrogens is 383 g/mol. The van der Waals surface area contributed by atoms with Gasteiger partial charge in [-0.05, 0) is 42.2 Å². The lowest BCUT2D eigenvalue weighted by Crippen LogP contribution is -2.33. The molecule has 0 aliphatic carbocycles. The van der Waals surface area contributed by atoms with Gasteiger partial charge in [-0.15, -0.1) is 0 Å². The first-order chi connectivity index (χ1) is 9.61. The molecule has 2 rings (SSSR count). The normalized spacial score (nSPS) is 11.6. The average molecular weight is 400 g/mol. The number of alkyl halides is 2. The Morgan fingerprint density at radius 2 is 1.70 bits per heavy atom. The second-order valence-corrected chi connectivity index (χ2v) is 6.29. The SMILES string of the molecule is Cc1ccccc1C(CBr)(CBr)Cc1cccc(F)c1. The van der Waals surface area contributed by atoms with Crippen molar-refractivity contribution in [3.63, 3.8) is 0 Å². The molecule has 0 fully saturated rings. The van der Waals surface area contributed by atoms with E-state index < -0.39 is 0 Å². The van der Waals surface area contributed by atoms with E-state index in [1.807, 2.05) is 12.1 Å². The molecule has 2 aromatic rings. The zero-order chi connectivity index (χ0) is 14.6. The summed E-state index contributed by atoms with van der Waals surface area (Å²) in [6, 6.07) is 15.3. The Balaban J connectivity index is 2.42. The van der Waals surface area contributed by atoms with Crippen LogP contribution < -0.4 is 0 Å². The molecule has 0 N–H and O–H groups in total. The van der Waals surface area contributed by atoms with Gasteiger partial charge < -0.3 is 0 Å². The van der Waals surface area contributed by atoms with E-state index in [1.54, 1.807) is 12.1 Å². The van der Waals surface area contributed by atoms with E-state index >= 15 is 0 Å². The molecule has 0 saturated heterocycles. The molecule has 106 valence electrons. The van der Waals surface area contributed by atoms with Crippen LogP contribution in [0.25, 0.3) is 0 Å². The van der Waals surface area contributed by atoms with Crippen molar-refractivity contribution in [3.05, 3.63) is 71.0 Å². The van der Waals surface area contributed by atoms with Gasteiger partial charge in [-0.25, -0.2) is 4.39 Å². The van der Waals surface area contributed by atoms with Gasteiger partial charge in [0.1, 0.15) is 5.82 Å². The van der Waals surface area contributed by atoms with E-state index in [1.165, 1.54) is 17.2 Å². The molecule has 0 saturated carbocycles. The number of rotatable bonds is 5. The van der Waals surface area contributed by atoms with Crippen LogP contribution in [-0.4, -0.2) is 10.7 Å². The minimum absolute atomic E-state index is 0.0703. The fourth-order valence-corrected chi connectivity index (χ4v) is 4.50. The number of benzene rings is 2. The number of halogens is 3. The summed E-state index contributed by atoms with van der Waals surface area (Å²) in [5.41, 5.74) is 3.52. The Labute approximate surface area is 136 Å². The van der Waals surface area contributed by atoms with E-state index in [9.17, 15) is 4.39 Å². The molecule has 0 bridgehead atoms. The van der Waals surface area contributed by atoms with Gasteiger partial charge in [0.2, 0.25) is 0 Å². The van der Waals surface area contributed by atoms with Crippen LogP contribution in [0.5, 0.6) is 0 Å². The maximum Gasteiger partial charge on any atom is 0.123 e. The zero-order valence-corrected chi connectivity index (χ0v) is 14.5. The number of aryl methyl sites for hydroxylation is 1. The van der Waals surface area contributed by atoms with Crippen LogP contribution in [0, 0.1) is 12.7 Å². The molecule has 0 aliphatic rings. The largest absolute Gasteiger partial charge is 0.207 e. The highest BCUT2D eigenvalue weighted by atomic mass is 79.9. The predicted octanol–water partition coefficient (Wildman–Crippen LogP) is 5.40. The van der Waals surface area contributed by atoms with Crippen molar-refractivity contribution in [3.8, 4) is 0 Å². The van der Waals surface area contributed by atoms with Crippen LogP contribution in [-0.2, 0) is 11.8 Å². The molecule has 0 atom stereocenters. The van der Waals surface area contributed by atoms with Crippen LogP contribution in [0.2, 0.25) is 0 Å². The third-order valence-electron chi connectivity index (χ3n) is 3.66. The molecule has 0 unspecified atom stereocenters. The molecule has 0 aliphatic heterocycles. The Kier molecular flexibility index (Phi) is 5.39. The lowest BCUT2D eigenvalue weighted by molar-refractivity contribution is 0.543. The van der Waals surface area contributed by atoms with E-state index in [4.69, 9.17) is 0 Å². The topological polar surface area (TPSA) is 0 Å². The van der Waals surface area contributed by atoms with Gasteiger partial charge in [-0.3, -0.25) is 0 Å². The molecule has 2 aromatic carbocycles. The third kappa shape index (κ3) is 3.32. The van der Waals surface area contributed by atoms with Gasteiger partial charge in [-0.1, -0.05) is 68.3 Å². The second kappa shape index (κ2) is 6.86. The maximum absolute atomic E-state index is 13.4. The van der Waals surface area contributed by atoms with Crippen LogP contribution >= 0.6 is 31.9 Å². The van der Waals surface area contributed by atoms with E-state index in [0.717, 1.165) is 22.6 Å². The molecule has 0 heterocycles. The highest BCUT2D eigenvalue weighted by molar-refractivity contribution is 9.09. The standard InChI is InChI=1S/C17H17Br2F/c1-13-5-2-3-8-16(13)17(11-18,12-19)10-14-6-4-7-15(20)9-14/h2-9H,10-12H2,1H3. The van der Waals surface area contributed by atoms with Crippen LogP contribution in [0.3, 0.4) is 0 Å². The smallest absolute Gasteiger partial charge is 0.123 e. The molecule has 0 nitrogen and oxygen atoms in total. The highest BCUT2D eigenvalue weighted by Gasteiger charge is 2.31. The fourth-order valence-electron chi connectivity index (χ4n) is 2.57. The molecular formula is C17H17Br2F. The Hall–Kier alpha value is -0.670. The predicted molar refractivity (Wildman–Crippen MR) is 90.5 cm³/mol. The Bertz CT molecular complexity index is 577. The Morgan fingerprint density at radius 1 is 1.00 bits per heavy atom. The average Bonchev–Trinajstić information content (AvgIpc) is 2.46. The number of hydrogen-bond donors (Lipinski definition) is 0. The zero-order valence-electron chi connectivity index (χ0n) is 11.4. The molecule has 0 aromatic heterocycles. The monoisotopic (exact) mass is 398 g/mol. The summed E-state index contributed by atoms with van der Waals surface area (Å²) in [5.74, 6) is -0.176. The van der Waals surface area contributed by atoms with Crippen molar-refractivity contribution in [2.75, 3.05) is 10.7 Å². The molecule has 20 heavy (non-hydrogen) atoms. The second-order valence-electron chi connectivity index (χ2n) is 5.17. The Morgan fingerprint density at radius 3 is 2.30 bits per heavy atom. The first-order valence-electron chi connectivity index (χ1n) is 6.54. The lowest BCUT2D eigenvalue weighted by Gasteiger charge is -2.32. The highest BCUT2D eigenvalue weighted by Crippen LogP contribution is 2.34. The fraction of sp³-hybridized carbons (Fsp3) is 0.294.